The molecule has 7 heteroatoms. The Morgan fingerprint density at radius 1 is 1.43 bits per heavy atom. The topological polar surface area (TPSA) is 61.6 Å². The number of nitrogens with zero attached hydrogens (tertiary/aromatic N) is 3. The molecule has 1 aliphatic rings. The zero-order valence-electron chi connectivity index (χ0n) is 13.5. The molecule has 1 N–H and O–H groups in total. The maximum Gasteiger partial charge on any atom is 0.239 e. The highest BCUT2D eigenvalue weighted by atomic mass is 32.1. The molecule has 2 aromatic heterocycles. The van der Waals surface area contributed by atoms with Crippen LogP contribution in [0.2, 0.25) is 0 Å². The highest BCUT2D eigenvalue weighted by molar-refractivity contribution is 7.07. The van der Waals surface area contributed by atoms with Crippen molar-refractivity contribution in [1.82, 2.24) is 15.0 Å². The van der Waals surface area contributed by atoms with E-state index in [4.69, 9.17) is 4.52 Å². The van der Waals surface area contributed by atoms with Gasteiger partial charge in [0.1, 0.15) is 5.76 Å². The van der Waals surface area contributed by atoms with Gasteiger partial charge in [-0.3, -0.25) is 14.6 Å². The van der Waals surface area contributed by atoms with Crippen molar-refractivity contribution in [3.63, 3.8) is 0 Å². The first-order chi connectivity index (χ1) is 11.1. The van der Waals surface area contributed by atoms with Gasteiger partial charge in [-0.05, 0) is 36.2 Å². The fourth-order valence-corrected chi connectivity index (χ4v) is 3.59. The third-order valence-electron chi connectivity index (χ3n) is 4.24. The highest BCUT2D eigenvalue weighted by Gasteiger charge is 2.23. The van der Waals surface area contributed by atoms with Crippen molar-refractivity contribution < 1.29 is 9.32 Å². The van der Waals surface area contributed by atoms with E-state index in [-0.39, 0.29) is 5.91 Å². The predicted molar refractivity (Wildman–Crippen MR) is 90.6 cm³/mol. The lowest BCUT2D eigenvalue weighted by molar-refractivity contribution is -0.117. The van der Waals surface area contributed by atoms with Gasteiger partial charge in [0, 0.05) is 38.3 Å². The largest absolute Gasteiger partial charge is 0.360 e. The monoisotopic (exact) mass is 334 g/mol. The molecule has 0 bridgehead atoms. The van der Waals surface area contributed by atoms with Crippen molar-refractivity contribution >= 4 is 23.1 Å². The van der Waals surface area contributed by atoms with Crippen LogP contribution < -0.4 is 5.32 Å². The molecule has 0 aromatic carbocycles. The molecule has 0 unspecified atom stereocenters. The van der Waals surface area contributed by atoms with Crippen LogP contribution in [0.3, 0.4) is 0 Å². The second-order valence-electron chi connectivity index (χ2n) is 5.92. The normalized spacial score (nSPS) is 18.0. The summed E-state index contributed by atoms with van der Waals surface area (Å²) in [6, 6.07) is 4.35. The van der Waals surface area contributed by atoms with Gasteiger partial charge in [-0.2, -0.15) is 11.3 Å². The zero-order valence-corrected chi connectivity index (χ0v) is 14.3. The third kappa shape index (κ3) is 4.19. The number of thiophene rings is 1. The lowest BCUT2D eigenvalue weighted by Gasteiger charge is -2.37. The van der Waals surface area contributed by atoms with Gasteiger partial charge in [-0.1, -0.05) is 5.16 Å². The van der Waals surface area contributed by atoms with E-state index >= 15 is 0 Å². The number of carbonyl (C=O) groups is 1. The summed E-state index contributed by atoms with van der Waals surface area (Å²) in [7, 11) is 0. The Morgan fingerprint density at radius 3 is 2.83 bits per heavy atom. The number of anilines is 1. The van der Waals surface area contributed by atoms with Gasteiger partial charge in [0.2, 0.25) is 5.91 Å². The summed E-state index contributed by atoms with van der Waals surface area (Å²) in [6.45, 7) is 8.21. The third-order valence-corrected chi connectivity index (χ3v) is 4.94. The van der Waals surface area contributed by atoms with Crippen molar-refractivity contribution in [2.75, 3.05) is 38.0 Å². The summed E-state index contributed by atoms with van der Waals surface area (Å²) in [5.74, 6) is 1.13. The number of nitrogens with one attached hydrogen (secondary N) is 1. The Morgan fingerprint density at radius 2 is 2.22 bits per heavy atom. The van der Waals surface area contributed by atoms with Crippen molar-refractivity contribution in [3.8, 4) is 0 Å². The van der Waals surface area contributed by atoms with Crippen molar-refractivity contribution in [3.05, 3.63) is 34.2 Å². The van der Waals surface area contributed by atoms with Crippen LogP contribution in [0.25, 0.3) is 0 Å². The summed E-state index contributed by atoms with van der Waals surface area (Å²) in [5, 5.41) is 10.9. The maximum absolute atomic E-state index is 12.0. The van der Waals surface area contributed by atoms with Crippen LogP contribution in [0.15, 0.2) is 27.4 Å². The molecule has 3 heterocycles. The van der Waals surface area contributed by atoms with Gasteiger partial charge < -0.3 is 9.84 Å². The van der Waals surface area contributed by atoms with Crippen LogP contribution in [-0.2, 0) is 4.79 Å². The number of hydrogen-bond acceptors (Lipinski definition) is 6. The minimum atomic E-state index is -0.0439. The van der Waals surface area contributed by atoms with Crippen LogP contribution in [0, 0.1) is 6.92 Å². The van der Waals surface area contributed by atoms with Crippen LogP contribution in [0.1, 0.15) is 24.3 Å². The number of piperazine rings is 1. The first-order valence-electron chi connectivity index (χ1n) is 7.83. The van der Waals surface area contributed by atoms with E-state index in [9.17, 15) is 4.79 Å². The van der Waals surface area contributed by atoms with Crippen molar-refractivity contribution in [2.45, 2.75) is 19.9 Å². The standard InChI is InChI=1S/C16H22N4O2S/c1-12-9-15(18-22-12)17-16(21)10-19-4-6-20(7-5-19)13(2)14-3-8-23-11-14/h3,8-9,11,13H,4-7,10H2,1-2H3,(H,17,18,21)/t13-/m0/s1. The molecule has 2 aromatic rings. The van der Waals surface area contributed by atoms with Crippen molar-refractivity contribution in [2.24, 2.45) is 0 Å². The Hall–Kier alpha value is -1.70. The predicted octanol–water partition coefficient (Wildman–Crippen LogP) is 2.36. The molecule has 0 spiro atoms. The van der Waals surface area contributed by atoms with E-state index < -0.39 is 0 Å². The highest BCUT2D eigenvalue weighted by Crippen LogP contribution is 2.23. The van der Waals surface area contributed by atoms with E-state index in [0.29, 0.717) is 24.2 Å². The van der Waals surface area contributed by atoms with Crippen LogP contribution in [0.5, 0.6) is 0 Å². The van der Waals surface area contributed by atoms with Gasteiger partial charge in [0.25, 0.3) is 0 Å². The molecule has 1 atom stereocenters. The summed E-state index contributed by atoms with van der Waals surface area (Å²) >= 11 is 1.74. The fourth-order valence-electron chi connectivity index (χ4n) is 2.84. The Kier molecular flexibility index (Phi) is 5.09. The summed E-state index contributed by atoms with van der Waals surface area (Å²) in [5.41, 5.74) is 1.38. The van der Waals surface area contributed by atoms with Crippen LogP contribution >= 0.6 is 11.3 Å². The van der Waals surface area contributed by atoms with Crippen LogP contribution in [0.4, 0.5) is 5.82 Å². The minimum Gasteiger partial charge on any atom is -0.360 e. The van der Waals surface area contributed by atoms with E-state index in [1.54, 1.807) is 24.3 Å². The maximum atomic E-state index is 12.0. The quantitative estimate of drug-likeness (QED) is 0.909. The number of aromatic nitrogens is 1. The molecule has 23 heavy (non-hydrogen) atoms. The van der Waals surface area contributed by atoms with Gasteiger partial charge in [0.15, 0.2) is 5.82 Å². The van der Waals surface area contributed by atoms with Gasteiger partial charge in [0.05, 0.1) is 6.54 Å². The van der Waals surface area contributed by atoms with E-state index in [1.807, 2.05) is 0 Å². The first-order valence-corrected chi connectivity index (χ1v) is 8.78. The molecule has 0 saturated carbocycles. The molecule has 0 aliphatic carbocycles. The number of rotatable bonds is 5. The zero-order chi connectivity index (χ0) is 16.2. The number of aryl methyl sites for hydroxylation is 1. The molecular weight excluding hydrogens is 312 g/mol. The molecule has 1 fully saturated rings. The SMILES string of the molecule is Cc1cc(NC(=O)CN2CCN([C@@H](C)c3ccsc3)CC2)no1. The average Bonchev–Trinajstić information content (AvgIpc) is 3.19. The van der Waals surface area contributed by atoms with E-state index in [2.05, 4.69) is 44.0 Å². The van der Waals surface area contributed by atoms with Gasteiger partial charge >= 0.3 is 0 Å². The fraction of sp³-hybridized carbons (Fsp3) is 0.500. The Balaban J connectivity index is 1.44. The molecule has 124 valence electrons. The summed E-state index contributed by atoms with van der Waals surface area (Å²) in [4.78, 5) is 16.7. The number of hydrogen-bond donors (Lipinski definition) is 1. The lowest BCUT2D eigenvalue weighted by Crippen LogP contribution is -2.49. The molecule has 3 rings (SSSR count). The van der Waals surface area contributed by atoms with E-state index in [0.717, 1.165) is 26.2 Å². The summed E-state index contributed by atoms with van der Waals surface area (Å²) in [6.07, 6.45) is 0. The second kappa shape index (κ2) is 7.25. The first kappa shape index (κ1) is 16.2. The number of amides is 1. The van der Waals surface area contributed by atoms with E-state index in [1.165, 1.54) is 5.56 Å². The van der Waals surface area contributed by atoms with Gasteiger partial charge in [-0.25, -0.2) is 0 Å². The van der Waals surface area contributed by atoms with Crippen molar-refractivity contribution in [1.29, 1.82) is 0 Å². The number of carbonyl (C=O) groups excluding carboxylic acids is 1. The second-order valence-corrected chi connectivity index (χ2v) is 6.70. The summed E-state index contributed by atoms with van der Waals surface area (Å²) < 4.78 is 4.95. The van der Waals surface area contributed by atoms with Crippen LogP contribution in [-0.4, -0.2) is 53.6 Å². The molecule has 6 nitrogen and oxygen atoms in total. The molecule has 1 aliphatic heterocycles. The smallest absolute Gasteiger partial charge is 0.239 e. The lowest BCUT2D eigenvalue weighted by atomic mass is 10.1. The van der Waals surface area contributed by atoms with Gasteiger partial charge in [-0.15, -0.1) is 0 Å². The molecule has 1 amide bonds. The Bertz CT molecular complexity index is 632. The molecule has 0 radical (unpaired) electrons. The molecular formula is C16H22N4O2S. The molecule has 1 saturated heterocycles. The average molecular weight is 334 g/mol. The Labute approximate surface area is 140 Å². The minimum absolute atomic E-state index is 0.0439.